The molecule has 0 aliphatic heterocycles. The Labute approximate surface area is 153 Å². The highest BCUT2D eigenvalue weighted by atomic mass is 15.3. The number of nitrogens with two attached hydrogens (primary N) is 2. The van der Waals surface area contributed by atoms with Gasteiger partial charge in [0.2, 0.25) is 5.96 Å². The second-order valence-electron chi connectivity index (χ2n) is 9.06. The van der Waals surface area contributed by atoms with Crippen LogP contribution in [-0.4, -0.2) is 11.7 Å². The summed E-state index contributed by atoms with van der Waals surface area (Å²) in [7, 11) is 0. The van der Waals surface area contributed by atoms with Gasteiger partial charge in [-0.25, -0.2) is 0 Å². The lowest BCUT2D eigenvalue weighted by atomic mass is 9.47. The monoisotopic (exact) mass is 346 g/mol. The molecule has 0 saturated heterocycles. The fourth-order valence-electron chi connectivity index (χ4n) is 6.18. The maximum Gasteiger partial charge on any atom is 0.211 e. The summed E-state index contributed by atoms with van der Waals surface area (Å²) in [6, 6.07) is 0. The lowest BCUT2D eigenvalue weighted by Gasteiger charge is -2.57. The fraction of sp³-hybridized carbons (Fsp3) is 0.905. The summed E-state index contributed by atoms with van der Waals surface area (Å²) in [6.07, 6.45) is 19.2. The van der Waals surface area contributed by atoms with E-state index in [1.165, 1.54) is 95.6 Å². The first kappa shape index (κ1) is 18.7. The molecule has 4 rings (SSSR count). The van der Waals surface area contributed by atoms with Crippen LogP contribution in [0, 0.1) is 23.2 Å². The molecule has 0 heterocycles. The summed E-state index contributed by atoms with van der Waals surface area (Å²) in [5, 5.41) is 8.66. The van der Waals surface area contributed by atoms with Crippen molar-refractivity contribution in [1.29, 1.82) is 0 Å². The Hall–Kier alpha value is -1.06. The van der Waals surface area contributed by atoms with Gasteiger partial charge < -0.3 is 11.5 Å². The molecule has 4 N–H and O–H groups in total. The summed E-state index contributed by atoms with van der Waals surface area (Å²) in [6.45, 7) is 2.28. The van der Waals surface area contributed by atoms with Gasteiger partial charge in [-0.15, -0.1) is 5.10 Å². The number of hydrogen-bond donors (Lipinski definition) is 2. The van der Waals surface area contributed by atoms with E-state index in [2.05, 4.69) is 17.1 Å². The van der Waals surface area contributed by atoms with Crippen LogP contribution in [0.2, 0.25) is 0 Å². The van der Waals surface area contributed by atoms with E-state index in [-0.39, 0.29) is 5.96 Å². The Balaban J connectivity index is 1.53. The van der Waals surface area contributed by atoms with Gasteiger partial charge in [-0.1, -0.05) is 58.3 Å². The second-order valence-corrected chi connectivity index (χ2v) is 9.06. The van der Waals surface area contributed by atoms with Gasteiger partial charge in [0.15, 0.2) is 0 Å². The SMILES string of the molecule is CCCCCCCCCCC12C[C@@H]3CC(C[C@@H](C3)C1)/C2=N\N=C(N)N. The number of hydrogen-bond acceptors (Lipinski definition) is 2. The number of unbranched alkanes of at least 4 members (excludes halogenated alkanes) is 7. The molecule has 4 heteroatoms. The van der Waals surface area contributed by atoms with E-state index in [9.17, 15) is 0 Å². The molecule has 142 valence electrons. The molecule has 2 unspecified atom stereocenters. The van der Waals surface area contributed by atoms with Crippen molar-refractivity contribution in [3.8, 4) is 0 Å². The van der Waals surface area contributed by atoms with Crippen LogP contribution in [-0.2, 0) is 0 Å². The third-order valence-electron chi connectivity index (χ3n) is 6.97. The zero-order chi connectivity index (χ0) is 17.7. The van der Waals surface area contributed by atoms with Gasteiger partial charge in [0.1, 0.15) is 0 Å². The molecule has 25 heavy (non-hydrogen) atoms. The van der Waals surface area contributed by atoms with Crippen LogP contribution in [0.25, 0.3) is 0 Å². The molecule has 0 spiro atoms. The minimum Gasteiger partial charge on any atom is -0.369 e. The van der Waals surface area contributed by atoms with Crippen LogP contribution in [0.4, 0.5) is 0 Å². The summed E-state index contributed by atoms with van der Waals surface area (Å²) >= 11 is 0. The van der Waals surface area contributed by atoms with Crippen molar-refractivity contribution in [2.24, 2.45) is 44.8 Å². The first-order valence-electron chi connectivity index (χ1n) is 10.8. The highest BCUT2D eigenvalue weighted by Crippen LogP contribution is 2.60. The molecule has 0 aromatic heterocycles. The molecule has 4 bridgehead atoms. The molecule has 0 aromatic carbocycles. The average Bonchev–Trinajstić information content (AvgIpc) is 2.56. The molecule has 4 aliphatic carbocycles. The van der Waals surface area contributed by atoms with Gasteiger partial charge in [0.05, 0.1) is 0 Å². The standard InChI is InChI=1S/C21H38N4/c1-2-3-4-5-6-7-8-9-10-21-14-16-11-17(15-21)13-18(12-16)19(21)24-25-20(22)23/h16-18H,2-15H2,1H3,(H4,22,23,25)/b24-19+/t16-,17+,18?,21?. The van der Waals surface area contributed by atoms with E-state index in [0.29, 0.717) is 11.3 Å². The van der Waals surface area contributed by atoms with E-state index >= 15 is 0 Å². The van der Waals surface area contributed by atoms with E-state index < -0.39 is 0 Å². The Kier molecular flexibility index (Phi) is 6.40. The Bertz CT molecular complexity index is 478. The highest BCUT2D eigenvalue weighted by Gasteiger charge is 2.54. The fourth-order valence-corrected chi connectivity index (χ4v) is 6.18. The van der Waals surface area contributed by atoms with Crippen LogP contribution in [0.3, 0.4) is 0 Å². The van der Waals surface area contributed by atoms with Crippen molar-refractivity contribution in [3.05, 3.63) is 0 Å². The number of rotatable bonds is 10. The second kappa shape index (κ2) is 8.55. The lowest BCUT2D eigenvalue weighted by Crippen LogP contribution is -2.53. The van der Waals surface area contributed by atoms with Crippen molar-refractivity contribution in [1.82, 2.24) is 0 Å². The van der Waals surface area contributed by atoms with Gasteiger partial charge in [-0.2, -0.15) is 5.10 Å². The van der Waals surface area contributed by atoms with Gasteiger partial charge in [0, 0.05) is 17.0 Å². The molecule has 4 saturated carbocycles. The number of nitrogens with zero attached hydrogens (tertiary/aromatic N) is 2. The van der Waals surface area contributed by atoms with Crippen molar-refractivity contribution in [3.63, 3.8) is 0 Å². The molecule has 4 fully saturated rings. The van der Waals surface area contributed by atoms with E-state index in [1.54, 1.807) is 0 Å². The quantitative estimate of drug-likeness (QED) is 0.253. The zero-order valence-electron chi connectivity index (χ0n) is 16.2. The molecule has 4 nitrogen and oxygen atoms in total. The zero-order valence-corrected chi connectivity index (χ0v) is 16.2. The molecule has 4 atom stereocenters. The van der Waals surface area contributed by atoms with Crippen LogP contribution in [0.1, 0.15) is 96.8 Å². The van der Waals surface area contributed by atoms with Crippen LogP contribution in [0.5, 0.6) is 0 Å². The third-order valence-corrected chi connectivity index (χ3v) is 6.97. The maximum absolute atomic E-state index is 5.55. The van der Waals surface area contributed by atoms with Gasteiger partial charge in [-0.3, -0.25) is 0 Å². The minimum absolute atomic E-state index is 0.100. The molecule has 0 amide bonds. The van der Waals surface area contributed by atoms with Crippen LogP contribution >= 0.6 is 0 Å². The molecular weight excluding hydrogens is 308 g/mol. The molecule has 4 aliphatic rings. The van der Waals surface area contributed by atoms with Crippen LogP contribution in [0.15, 0.2) is 10.2 Å². The number of guanidine groups is 1. The van der Waals surface area contributed by atoms with Crippen molar-refractivity contribution >= 4 is 11.7 Å². The summed E-state index contributed by atoms with van der Waals surface area (Å²) < 4.78 is 0. The summed E-state index contributed by atoms with van der Waals surface area (Å²) in [5.41, 5.74) is 12.8. The van der Waals surface area contributed by atoms with Gasteiger partial charge in [-0.05, 0) is 50.4 Å². The van der Waals surface area contributed by atoms with E-state index in [0.717, 1.165) is 11.8 Å². The minimum atomic E-state index is 0.100. The van der Waals surface area contributed by atoms with Crippen molar-refractivity contribution in [2.45, 2.75) is 96.8 Å². The highest BCUT2D eigenvalue weighted by molar-refractivity contribution is 5.94. The van der Waals surface area contributed by atoms with Crippen molar-refractivity contribution in [2.75, 3.05) is 0 Å². The molecule has 0 aromatic rings. The Morgan fingerprint density at radius 3 is 2.12 bits per heavy atom. The smallest absolute Gasteiger partial charge is 0.211 e. The maximum atomic E-state index is 5.55. The first-order valence-corrected chi connectivity index (χ1v) is 10.8. The lowest BCUT2D eigenvalue weighted by molar-refractivity contribution is 0.0399. The first-order chi connectivity index (χ1) is 12.1. The van der Waals surface area contributed by atoms with Gasteiger partial charge >= 0.3 is 0 Å². The largest absolute Gasteiger partial charge is 0.369 e. The predicted molar refractivity (Wildman–Crippen MR) is 106 cm³/mol. The predicted octanol–water partition coefficient (Wildman–Crippen LogP) is 4.97. The molecular formula is C21H38N4. The molecule has 0 radical (unpaired) electrons. The van der Waals surface area contributed by atoms with E-state index in [4.69, 9.17) is 11.5 Å². The van der Waals surface area contributed by atoms with Crippen molar-refractivity contribution < 1.29 is 0 Å². The summed E-state index contributed by atoms with van der Waals surface area (Å²) in [5.74, 6) is 2.63. The van der Waals surface area contributed by atoms with Gasteiger partial charge in [0.25, 0.3) is 0 Å². The van der Waals surface area contributed by atoms with E-state index in [1.807, 2.05) is 0 Å². The topological polar surface area (TPSA) is 76.8 Å². The normalized spacial score (nSPS) is 34.6. The Morgan fingerprint density at radius 1 is 0.920 bits per heavy atom. The Morgan fingerprint density at radius 2 is 1.52 bits per heavy atom. The third kappa shape index (κ3) is 4.57. The average molecular weight is 347 g/mol. The van der Waals surface area contributed by atoms with Crippen LogP contribution < -0.4 is 11.5 Å². The summed E-state index contributed by atoms with van der Waals surface area (Å²) in [4.78, 5) is 0.